The van der Waals surface area contributed by atoms with Crippen LogP contribution in [-0.4, -0.2) is 60.5 Å². The SMILES string of the molecule is CNc1nc(Cl)c(Cl)c(N2CCN(CCC3CCC(C4(C(N)=O)C=CC=C(Br)C4)CC3)CC2)n1. The van der Waals surface area contributed by atoms with Crippen molar-refractivity contribution in [1.29, 1.82) is 0 Å². The van der Waals surface area contributed by atoms with E-state index in [0.717, 1.165) is 62.9 Å². The van der Waals surface area contributed by atoms with E-state index in [1.807, 2.05) is 18.2 Å². The Balaban J connectivity index is 1.24. The lowest BCUT2D eigenvalue weighted by atomic mass is 9.63. The molecule has 1 amide bonds. The second kappa shape index (κ2) is 11.1. The van der Waals surface area contributed by atoms with Gasteiger partial charge in [-0.1, -0.05) is 70.2 Å². The molecule has 2 aliphatic carbocycles. The van der Waals surface area contributed by atoms with Crippen molar-refractivity contribution in [2.75, 3.05) is 50.0 Å². The molecule has 1 aliphatic heterocycles. The Bertz CT molecular complexity index is 957. The first-order valence-corrected chi connectivity index (χ1v) is 13.6. The number of hydrogen-bond acceptors (Lipinski definition) is 6. The van der Waals surface area contributed by atoms with Crippen molar-refractivity contribution in [3.05, 3.63) is 32.9 Å². The molecule has 1 unspecified atom stereocenters. The van der Waals surface area contributed by atoms with E-state index >= 15 is 0 Å². The third-order valence-corrected chi connectivity index (χ3v) is 8.97. The largest absolute Gasteiger partial charge is 0.369 e. The summed E-state index contributed by atoms with van der Waals surface area (Å²) >= 11 is 16.1. The summed E-state index contributed by atoms with van der Waals surface area (Å²) in [6.07, 6.45) is 12.4. The summed E-state index contributed by atoms with van der Waals surface area (Å²) < 4.78 is 1.06. The van der Waals surface area contributed by atoms with Crippen LogP contribution in [0.1, 0.15) is 38.5 Å². The van der Waals surface area contributed by atoms with Gasteiger partial charge < -0.3 is 16.0 Å². The highest BCUT2D eigenvalue weighted by atomic mass is 79.9. The van der Waals surface area contributed by atoms with Gasteiger partial charge in [-0.25, -0.2) is 0 Å². The van der Waals surface area contributed by atoms with Crippen LogP contribution < -0.4 is 16.0 Å². The maximum atomic E-state index is 12.4. The van der Waals surface area contributed by atoms with Crippen molar-refractivity contribution in [3.63, 3.8) is 0 Å². The van der Waals surface area contributed by atoms with Crippen molar-refractivity contribution in [2.45, 2.75) is 38.5 Å². The van der Waals surface area contributed by atoms with Crippen molar-refractivity contribution in [2.24, 2.45) is 23.0 Å². The normalized spacial score (nSPS) is 28.0. The Kier molecular flexibility index (Phi) is 8.44. The molecule has 186 valence electrons. The summed E-state index contributed by atoms with van der Waals surface area (Å²) in [6.45, 7) is 4.76. The van der Waals surface area contributed by atoms with Crippen molar-refractivity contribution < 1.29 is 4.79 Å². The number of carbonyl (C=O) groups excluding carboxylic acids is 1. The number of rotatable bonds is 7. The smallest absolute Gasteiger partial charge is 0.228 e. The monoisotopic (exact) mass is 570 g/mol. The van der Waals surface area contributed by atoms with Crippen molar-refractivity contribution in [3.8, 4) is 0 Å². The van der Waals surface area contributed by atoms with E-state index in [0.29, 0.717) is 35.0 Å². The van der Waals surface area contributed by atoms with Gasteiger partial charge in [0.05, 0.1) is 5.41 Å². The predicted molar refractivity (Wildman–Crippen MR) is 143 cm³/mol. The lowest BCUT2D eigenvalue weighted by Crippen LogP contribution is -2.47. The molecular formula is C24H33BrCl2N6O. The van der Waals surface area contributed by atoms with Crippen LogP contribution in [0, 0.1) is 17.3 Å². The van der Waals surface area contributed by atoms with Crippen molar-refractivity contribution in [1.82, 2.24) is 14.9 Å². The van der Waals surface area contributed by atoms with Gasteiger partial charge in [0.1, 0.15) is 5.02 Å². The summed E-state index contributed by atoms with van der Waals surface area (Å²) in [7, 11) is 1.77. The summed E-state index contributed by atoms with van der Waals surface area (Å²) in [4.78, 5) is 25.8. The molecule has 34 heavy (non-hydrogen) atoms. The van der Waals surface area contributed by atoms with Gasteiger partial charge in [0.15, 0.2) is 11.0 Å². The molecular weight excluding hydrogens is 539 g/mol. The molecule has 0 bridgehead atoms. The fourth-order valence-electron chi connectivity index (χ4n) is 5.62. The first kappa shape index (κ1) is 25.7. The number of aromatic nitrogens is 2. The molecule has 3 aliphatic rings. The number of amides is 1. The van der Waals surface area contributed by atoms with Crippen molar-refractivity contribution >= 4 is 56.8 Å². The molecule has 1 atom stereocenters. The van der Waals surface area contributed by atoms with Crippen LogP contribution in [0.3, 0.4) is 0 Å². The topological polar surface area (TPSA) is 87.4 Å². The van der Waals surface area contributed by atoms with Crippen LogP contribution in [0.2, 0.25) is 10.2 Å². The Morgan fingerprint density at radius 1 is 1.21 bits per heavy atom. The number of nitrogens with two attached hydrogens (primary N) is 1. The quantitative estimate of drug-likeness (QED) is 0.455. The zero-order valence-corrected chi connectivity index (χ0v) is 22.7. The molecule has 0 aromatic carbocycles. The van der Waals surface area contributed by atoms with Gasteiger partial charge in [0.25, 0.3) is 0 Å². The molecule has 4 rings (SSSR count). The predicted octanol–water partition coefficient (Wildman–Crippen LogP) is 4.85. The van der Waals surface area contributed by atoms with Crippen LogP contribution in [0.25, 0.3) is 0 Å². The van der Waals surface area contributed by atoms with Crippen LogP contribution >= 0.6 is 39.1 Å². The Morgan fingerprint density at radius 3 is 2.53 bits per heavy atom. The van der Waals surface area contributed by atoms with Gasteiger partial charge in [-0.2, -0.15) is 9.97 Å². The summed E-state index contributed by atoms with van der Waals surface area (Å²) in [5, 5.41) is 3.63. The third-order valence-electron chi connectivity index (χ3n) is 7.71. The average molecular weight is 572 g/mol. The Morgan fingerprint density at radius 2 is 1.91 bits per heavy atom. The fraction of sp³-hybridized carbons (Fsp3) is 0.625. The minimum atomic E-state index is -0.535. The first-order chi connectivity index (χ1) is 16.3. The molecule has 3 N–H and O–H groups in total. The number of piperazine rings is 1. The third kappa shape index (κ3) is 5.55. The zero-order valence-electron chi connectivity index (χ0n) is 19.6. The van der Waals surface area contributed by atoms with E-state index < -0.39 is 5.41 Å². The molecule has 0 radical (unpaired) electrons. The highest BCUT2D eigenvalue weighted by molar-refractivity contribution is 9.11. The maximum Gasteiger partial charge on any atom is 0.228 e. The van der Waals surface area contributed by atoms with Gasteiger partial charge in [0, 0.05) is 33.2 Å². The first-order valence-electron chi connectivity index (χ1n) is 12.0. The van der Waals surface area contributed by atoms with Crippen LogP contribution in [-0.2, 0) is 4.79 Å². The molecule has 7 nitrogen and oxygen atoms in total. The number of primary amides is 1. The number of halogens is 3. The van der Waals surface area contributed by atoms with E-state index in [4.69, 9.17) is 28.9 Å². The number of anilines is 2. The maximum absolute atomic E-state index is 12.4. The number of carbonyl (C=O) groups is 1. The van der Waals surface area contributed by atoms with E-state index in [1.54, 1.807) is 7.05 Å². The molecule has 1 aromatic heterocycles. The molecule has 10 heteroatoms. The standard InChI is InChI=1S/C24H33BrCl2N6O/c1-29-23-30-20(27)19(26)21(31-23)33-13-11-32(12-14-33)10-8-16-4-6-17(7-5-16)24(22(28)34)9-2-3-18(25)15-24/h2-3,9,16-17H,4-8,10-15H2,1H3,(H2,28,34)(H,29,30,31). The lowest BCUT2D eigenvalue weighted by Gasteiger charge is -2.42. The molecule has 1 aromatic rings. The minimum absolute atomic E-state index is 0.193. The fourth-order valence-corrected chi connectivity index (χ4v) is 6.60. The van der Waals surface area contributed by atoms with E-state index in [-0.39, 0.29) is 11.1 Å². The summed E-state index contributed by atoms with van der Waals surface area (Å²) in [5.74, 6) is 2.02. The Hall–Kier alpha value is -1.35. The zero-order chi connectivity index (χ0) is 24.3. The molecule has 1 saturated heterocycles. The van der Waals surface area contributed by atoms with E-state index in [1.165, 1.54) is 6.42 Å². The van der Waals surface area contributed by atoms with Gasteiger partial charge in [0.2, 0.25) is 11.9 Å². The second-order valence-electron chi connectivity index (χ2n) is 9.61. The van der Waals surface area contributed by atoms with Gasteiger partial charge in [-0.05, 0) is 48.5 Å². The highest BCUT2D eigenvalue weighted by Crippen LogP contribution is 2.48. The highest BCUT2D eigenvalue weighted by Gasteiger charge is 2.44. The molecule has 2 heterocycles. The number of hydrogen-bond donors (Lipinski definition) is 2. The molecule has 0 spiro atoms. The summed E-state index contributed by atoms with van der Waals surface area (Å²) in [5.41, 5.74) is 5.36. The second-order valence-corrected chi connectivity index (χ2v) is 11.4. The van der Waals surface area contributed by atoms with E-state index in [9.17, 15) is 4.79 Å². The lowest BCUT2D eigenvalue weighted by molar-refractivity contribution is -0.128. The van der Waals surface area contributed by atoms with Gasteiger partial charge >= 0.3 is 0 Å². The number of nitrogens with zero attached hydrogens (tertiary/aromatic N) is 4. The van der Waals surface area contributed by atoms with Crippen LogP contribution in [0.15, 0.2) is 22.7 Å². The molecule has 2 fully saturated rings. The van der Waals surface area contributed by atoms with Crippen LogP contribution in [0.4, 0.5) is 11.8 Å². The Labute approximate surface area is 220 Å². The van der Waals surface area contributed by atoms with Crippen LogP contribution in [0.5, 0.6) is 0 Å². The summed E-state index contributed by atoms with van der Waals surface area (Å²) in [6, 6.07) is 0. The number of allylic oxidation sites excluding steroid dienone is 3. The van der Waals surface area contributed by atoms with Gasteiger partial charge in [-0.15, -0.1) is 0 Å². The van der Waals surface area contributed by atoms with Gasteiger partial charge in [-0.3, -0.25) is 9.69 Å². The minimum Gasteiger partial charge on any atom is -0.369 e. The number of nitrogens with one attached hydrogen (secondary N) is 1. The van der Waals surface area contributed by atoms with E-state index in [2.05, 4.69) is 41.0 Å². The molecule has 1 saturated carbocycles. The average Bonchev–Trinajstić information content (AvgIpc) is 2.85.